The molecule has 0 unspecified atom stereocenters. The van der Waals surface area contributed by atoms with Crippen molar-refractivity contribution >= 4 is 67.3 Å². The average molecular weight is 595 g/mol. The Labute approximate surface area is 232 Å². The molecule has 0 bridgehead atoms. The first-order valence-corrected chi connectivity index (χ1v) is 13.4. The Morgan fingerprint density at radius 3 is 2.43 bits per heavy atom. The van der Waals surface area contributed by atoms with Gasteiger partial charge in [-0.15, -0.1) is 0 Å². The molecule has 8 heteroatoms. The molecule has 0 N–H and O–H groups in total. The number of amides is 2. The van der Waals surface area contributed by atoms with Crippen LogP contribution in [-0.2, 0) is 17.9 Å². The van der Waals surface area contributed by atoms with Gasteiger partial charge < -0.3 is 9.47 Å². The van der Waals surface area contributed by atoms with Gasteiger partial charge in [0.2, 0.25) is 0 Å². The first kappa shape index (κ1) is 25.4. The molecule has 0 aromatic heterocycles. The zero-order chi connectivity index (χ0) is 25.9. The molecule has 5 nitrogen and oxygen atoms in total. The second kappa shape index (κ2) is 11.0. The fourth-order valence-electron chi connectivity index (χ4n) is 4.01. The van der Waals surface area contributed by atoms with Crippen LogP contribution in [0.15, 0.2) is 88.2 Å². The highest BCUT2D eigenvalue weighted by Gasteiger charge is 2.35. The molecule has 1 fully saturated rings. The van der Waals surface area contributed by atoms with Crippen molar-refractivity contribution in [1.29, 1.82) is 0 Å². The summed E-state index contributed by atoms with van der Waals surface area (Å²) in [4.78, 5) is 27.5. The molecule has 186 valence electrons. The second-order valence-electron chi connectivity index (χ2n) is 8.40. The number of thioether (sulfide) groups is 1. The Balaban J connectivity index is 1.34. The first-order chi connectivity index (χ1) is 17.9. The van der Waals surface area contributed by atoms with E-state index >= 15 is 0 Å². The quantitative estimate of drug-likeness (QED) is 0.203. The van der Waals surface area contributed by atoms with Crippen molar-refractivity contribution in [3.63, 3.8) is 0 Å². The SMILES string of the molecule is COc1cc(/C=C2\SC(=O)N(Cc3ccc4ccccc4c3)C2=O)cc(Br)c1OCc1ccc(Cl)cc1. The van der Waals surface area contributed by atoms with Crippen LogP contribution in [0.2, 0.25) is 5.02 Å². The molecular formula is C29H21BrClNO4S. The summed E-state index contributed by atoms with van der Waals surface area (Å²) in [5.41, 5.74) is 2.56. The molecule has 1 heterocycles. The fraction of sp³-hybridized carbons (Fsp3) is 0.103. The normalized spacial score (nSPS) is 14.6. The van der Waals surface area contributed by atoms with Crippen LogP contribution >= 0.6 is 39.3 Å². The van der Waals surface area contributed by atoms with Gasteiger partial charge in [0, 0.05) is 5.02 Å². The number of carbonyl (C=O) groups excluding carboxylic acids is 2. The number of fused-ring (bicyclic) bond motifs is 1. The molecule has 0 saturated carbocycles. The minimum absolute atomic E-state index is 0.220. The van der Waals surface area contributed by atoms with Crippen LogP contribution in [0.1, 0.15) is 16.7 Å². The predicted octanol–water partition coefficient (Wildman–Crippen LogP) is 8.08. The molecule has 0 atom stereocenters. The number of hydrogen-bond acceptors (Lipinski definition) is 5. The van der Waals surface area contributed by atoms with Gasteiger partial charge >= 0.3 is 0 Å². The molecule has 37 heavy (non-hydrogen) atoms. The molecule has 0 radical (unpaired) electrons. The standard InChI is InChI=1S/C29H21BrClNO4S/c1-35-25-14-20(13-24(30)27(25)36-17-18-7-10-23(31)11-8-18)15-26-28(33)32(29(34)37-26)16-19-6-9-21-4-2-3-5-22(21)12-19/h2-15H,16-17H2,1H3/b26-15-. The van der Waals surface area contributed by atoms with E-state index in [9.17, 15) is 9.59 Å². The molecule has 5 rings (SSSR count). The van der Waals surface area contributed by atoms with E-state index in [2.05, 4.69) is 15.9 Å². The summed E-state index contributed by atoms with van der Waals surface area (Å²) < 4.78 is 12.2. The van der Waals surface area contributed by atoms with Gasteiger partial charge in [0.05, 0.1) is 23.0 Å². The van der Waals surface area contributed by atoms with Crippen LogP contribution < -0.4 is 9.47 Å². The highest BCUT2D eigenvalue weighted by atomic mass is 79.9. The molecule has 0 aliphatic carbocycles. The summed E-state index contributed by atoms with van der Waals surface area (Å²) >= 11 is 10.4. The number of imide groups is 1. The van der Waals surface area contributed by atoms with Crippen molar-refractivity contribution in [3.8, 4) is 11.5 Å². The minimum Gasteiger partial charge on any atom is -0.493 e. The van der Waals surface area contributed by atoms with Gasteiger partial charge in [-0.05, 0) is 91.6 Å². The van der Waals surface area contributed by atoms with Crippen LogP contribution in [0.25, 0.3) is 16.8 Å². The monoisotopic (exact) mass is 593 g/mol. The van der Waals surface area contributed by atoms with Crippen molar-refractivity contribution in [3.05, 3.63) is 110 Å². The van der Waals surface area contributed by atoms with Crippen molar-refractivity contribution < 1.29 is 19.1 Å². The predicted molar refractivity (Wildman–Crippen MR) is 152 cm³/mol. The molecule has 4 aromatic rings. The van der Waals surface area contributed by atoms with E-state index in [0.29, 0.717) is 38.1 Å². The Hall–Kier alpha value is -3.26. The van der Waals surface area contributed by atoms with Crippen LogP contribution in [0.3, 0.4) is 0 Å². The summed E-state index contributed by atoms with van der Waals surface area (Å²) in [7, 11) is 1.55. The summed E-state index contributed by atoms with van der Waals surface area (Å²) in [6, 6.07) is 25.0. The van der Waals surface area contributed by atoms with E-state index in [1.165, 1.54) is 4.90 Å². The van der Waals surface area contributed by atoms with Gasteiger partial charge in [-0.25, -0.2) is 0 Å². The number of halogens is 2. The Kier molecular flexibility index (Phi) is 7.55. The Bertz CT molecular complexity index is 1540. The lowest BCUT2D eigenvalue weighted by Crippen LogP contribution is -2.27. The Morgan fingerprint density at radius 2 is 1.68 bits per heavy atom. The molecule has 0 spiro atoms. The third-order valence-corrected chi connectivity index (χ3v) is 7.62. The number of methoxy groups -OCH3 is 1. The van der Waals surface area contributed by atoms with E-state index in [0.717, 1.165) is 33.7 Å². The number of benzene rings is 4. The smallest absolute Gasteiger partial charge is 0.293 e. The molecular weight excluding hydrogens is 574 g/mol. The number of hydrogen-bond donors (Lipinski definition) is 0. The van der Waals surface area contributed by atoms with Gasteiger partial charge in [-0.2, -0.15) is 0 Å². The fourth-order valence-corrected chi connectivity index (χ4v) is 5.55. The third kappa shape index (κ3) is 5.69. The lowest BCUT2D eigenvalue weighted by molar-refractivity contribution is -0.123. The number of ether oxygens (including phenoxy) is 2. The van der Waals surface area contributed by atoms with Gasteiger partial charge in [0.25, 0.3) is 11.1 Å². The van der Waals surface area contributed by atoms with E-state index in [-0.39, 0.29) is 17.7 Å². The number of rotatable bonds is 7. The highest BCUT2D eigenvalue weighted by molar-refractivity contribution is 9.10. The van der Waals surface area contributed by atoms with Gasteiger partial charge in [-0.1, -0.05) is 60.1 Å². The van der Waals surface area contributed by atoms with Crippen molar-refractivity contribution in [2.75, 3.05) is 7.11 Å². The van der Waals surface area contributed by atoms with Crippen LogP contribution in [-0.4, -0.2) is 23.2 Å². The van der Waals surface area contributed by atoms with Gasteiger partial charge in [0.1, 0.15) is 6.61 Å². The molecule has 1 aliphatic heterocycles. The maximum Gasteiger partial charge on any atom is 0.293 e. The summed E-state index contributed by atoms with van der Waals surface area (Å²) in [6.07, 6.45) is 1.70. The lowest BCUT2D eigenvalue weighted by Gasteiger charge is -2.14. The maximum absolute atomic E-state index is 13.1. The van der Waals surface area contributed by atoms with Crippen molar-refractivity contribution in [2.45, 2.75) is 13.2 Å². The minimum atomic E-state index is -0.318. The number of nitrogens with zero attached hydrogens (tertiary/aromatic N) is 1. The largest absolute Gasteiger partial charge is 0.493 e. The zero-order valence-electron chi connectivity index (χ0n) is 19.7. The Morgan fingerprint density at radius 1 is 0.946 bits per heavy atom. The van der Waals surface area contributed by atoms with Crippen LogP contribution in [0, 0.1) is 0 Å². The van der Waals surface area contributed by atoms with E-state index in [1.807, 2.05) is 72.8 Å². The topological polar surface area (TPSA) is 55.8 Å². The first-order valence-electron chi connectivity index (χ1n) is 11.4. The van der Waals surface area contributed by atoms with Crippen molar-refractivity contribution in [1.82, 2.24) is 4.90 Å². The average Bonchev–Trinajstić information content (AvgIpc) is 3.16. The van der Waals surface area contributed by atoms with Gasteiger partial charge in [-0.3, -0.25) is 14.5 Å². The third-order valence-electron chi connectivity index (χ3n) is 5.87. The van der Waals surface area contributed by atoms with E-state index in [1.54, 1.807) is 19.3 Å². The maximum atomic E-state index is 13.1. The summed E-state index contributed by atoms with van der Waals surface area (Å²) in [5.74, 6) is 0.727. The number of carbonyl (C=O) groups is 2. The summed E-state index contributed by atoms with van der Waals surface area (Å²) in [6.45, 7) is 0.552. The molecule has 1 saturated heterocycles. The van der Waals surface area contributed by atoms with Crippen molar-refractivity contribution in [2.24, 2.45) is 0 Å². The molecule has 2 amide bonds. The second-order valence-corrected chi connectivity index (χ2v) is 10.7. The highest BCUT2D eigenvalue weighted by Crippen LogP contribution is 2.40. The van der Waals surface area contributed by atoms with E-state index in [4.69, 9.17) is 21.1 Å². The summed E-state index contributed by atoms with van der Waals surface area (Å²) in [5, 5.41) is 2.55. The van der Waals surface area contributed by atoms with Crippen LogP contribution in [0.5, 0.6) is 11.5 Å². The van der Waals surface area contributed by atoms with Gasteiger partial charge in [0.15, 0.2) is 11.5 Å². The lowest BCUT2D eigenvalue weighted by atomic mass is 10.1. The zero-order valence-corrected chi connectivity index (χ0v) is 22.9. The van der Waals surface area contributed by atoms with E-state index < -0.39 is 0 Å². The molecule has 1 aliphatic rings. The van der Waals surface area contributed by atoms with Crippen LogP contribution in [0.4, 0.5) is 4.79 Å². The molecule has 4 aromatic carbocycles.